The van der Waals surface area contributed by atoms with Gasteiger partial charge in [-0.15, -0.1) is 0 Å². The normalized spacial score (nSPS) is 18.7. The van der Waals surface area contributed by atoms with E-state index in [1.54, 1.807) is 14.0 Å². The highest BCUT2D eigenvalue weighted by Crippen LogP contribution is 2.30. The molecule has 0 saturated heterocycles. The molecule has 0 spiro atoms. The van der Waals surface area contributed by atoms with Crippen LogP contribution in [-0.2, 0) is 4.79 Å². The molecule has 0 bridgehead atoms. The predicted molar refractivity (Wildman–Crippen MR) is 64.8 cm³/mol. The van der Waals surface area contributed by atoms with Crippen LogP contribution in [0.2, 0.25) is 0 Å². The third-order valence-electron chi connectivity index (χ3n) is 3.33. The van der Waals surface area contributed by atoms with Gasteiger partial charge < -0.3 is 15.3 Å². The fourth-order valence-corrected chi connectivity index (χ4v) is 2.21. The molecule has 0 aromatic heterocycles. The molecule has 0 aromatic carbocycles. The number of nitrogens with zero attached hydrogens (tertiary/aromatic N) is 2. The van der Waals surface area contributed by atoms with Crippen molar-refractivity contribution in [2.75, 3.05) is 13.6 Å². The van der Waals surface area contributed by atoms with Crippen LogP contribution in [0.3, 0.4) is 0 Å². The summed E-state index contributed by atoms with van der Waals surface area (Å²) in [6.45, 7) is 2.00. The summed E-state index contributed by atoms with van der Waals surface area (Å²) in [5.74, 6) is -1.25. The van der Waals surface area contributed by atoms with E-state index in [4.69, 9.17) is 5.26 Å². The summed E-state index contributed by atoms with van der Waals surface area (Å²) >= 11 is 0. The van der Waals surface area contributed by atoms with Crippen LogP contribution in [0.15, 0.2) is 0 Å². The van der Waals surface area contributed by atoms with Gasteiger partial charge in [-0.1, -0.05) is 12.8 Å². The quantitative estimate of drug-likeness (QED) is 0.786. The van der Waals surface area contributed by atoms with Crippen LogP contribution >= 0.6 is 0 Å². The minimum atomic E-state index is -1.12. The smallest absolute Gasteiger partial charge is 0.329 e. The number of urea groups is 1. The number of carboxylic acid groups (broad SMARTS) is 1. The van der Waals surface area contributed by atoms with Crippen molar-refractivity contribution in [3.05, 3.63) is 0 Å². The Morgan fingerprint density at radius 3 is 2.50 bits per heavy atom. The molecule has 0 aliphatic heterocycles. The molecule has 18 heavy (non-hydrogen) atoms. The number of hydrogen-bond donors (Lipinski definition) is 2. The van der Waals surface area contributed by atoms with Crippen LogP contribution in [-0.4, -0.2) is 41.1 Å². The number of rotatable bonds is 4. The minimum absolute atomic E-state index is 0.273. The van der Waals surface area contributed by atoms with Crippen LogP contribution in [0.4, 0.5) is 4.79 Å². The number of aliphatic carboxylic acids is 1. The first-order chi connectivity index (χ1) is 8.41. The van der Waals surface area contributed by atoms with E-state index in [9.17, 15) is 14.7 Å². The van der Waals surface area contributed by atoms with Crippen LogP contribution in [0.25, 0.3) is 0 Å². The lowest BCUT2D eigenvalue weighted by atomic mass is 9.98. The van der Waals surface area contributed by atoms with E-state index in [1.807, 2.05) is 6.07 Å². The van der Waals surface area contributed by atoms with Crippen molar-refractivity contribution in [3.63, 3.8) is 0 Å². The van der Waals surface area contributed by atoms with Crippen molar-refractivity contribution in [1.82, 2.24) is 10.2 Å². The molecule has 2 N–H and O–H groups in total. The monoisotopic (exact) mass is 253 g/mol. The van der Waals surface area contributed by atoms with Crippen LogP contribution < -0.4 is 5.32 Å². The van der Waals surface area contributed by atoms with Gasteiger partial charge in [0.1, 0.15) is 5.54 Å². The van der Waals surface area contributed by atoms with Gasteiger partial charge in [-0.3, -0.25) is 0 Å². The summed E-state index contributed by atoms with van der Waals surface area (Å²) in [6, 6.07) is 1.61. The Hall–Kier alpha value is -1.77. The van der Waals surface area contributed by atoms with Gasteiger partial charge in [-0.25, -0.2) is 9.59 Å². The Kier molecular flexibility index (Phi) is 4.54. The molecular weight excluding hydrogens is 234 g/mol. The number of nitrogens with one attached hydrogen (secondary N) is 1. The van der Waals surface area contributed by atoms with E-state index in [-0.39, 0.29) is 12.5 Å². The van der Waals surface area contributed by atoms with Gasteiger partial charge in [0.05, 0.1) is 12.0 Å². The summed E-state index contributed by atoms with van der Waals surface area (Å²) < 4.78 is 0. The molecule has 6 heteroatoms. The van der Waals surface area contributed by atoms with Crippen molar-refractivity contribution in [2.24, 2.45) is 5.92 Å². The third kappa shape index (κ3) is 3.13. The summed E-state index contributed by atoms with van der Waals surface area (Å²) in [6.07, 6.45) is 2.56. The number of amides is 2. The van der Waals surface area contributed by atoms with Gasteiger partial charge in [0.25, 0.3) is 0 Å². The zero-order valence-electron chi connectivity index (χ0n) is 10.8. The second-order valence-electron chi connectivity index (χ2n) is 4.94. The molecule has 0 radical (unpaired) electrons. The topological polar surface area (TPSA) is 93.4 Å². The highest BCUT2D eigenvalue weighted by atomic mass is 16.4. The van der Waals surface area contributed by atoms with Crippen LogP contribution in [0.1, 0.15) is 32.6 Å². The minimum Gasteiger partial charge on any atom is -0.480 e. The average Bonchev–Trinajstić information content (AvgIpc) is 2.78. The molecule has 1 aliphatic rings. The summed E-state index contributed by atoms with van der Waals surface area (Å²) in [4.78, 5) is 24.5. The number of nitriles is 1. The molecule has 0 aromatic rings. The number of hydrogen-bond acceptors (Lipinski definition) is 3. The first-order valence-electron chi connectivity index (χ1n) is 6.07. The Bertz CT molecular complexity index is 369. The van der Waals surface area contributed by atoms with Gasteiger partial charge in [0, 0.05) is 13.6 Å². The Balaban J connectivity index is 2.63. The maximum atomic E-state index is 11.9. The summed E-state index contributed by atoms with van der Waals surface area (Å²) in [5.41, 5.74) is -1.12. The van der Waals surface area contributed by atoms with E-state index in [0.717, 1.165) is 12.8 Å². The number of carboxylic acids is 1. The molecule has 1 atom stereocenters. The van der Waals surface area contributed by atoms with Crippen molar-refractivity contribution >= 4 is 12.0 Å². The maximum Gasteiger partial charge on any atom is 0.329 e. The van der Waals surface area contributed by atoms with Gasteiger partial charge in [0.2, 0.25) is 0 Å². The van der Waals surface area contributed by atoms with Crippen molar-refractivity contribution in [1.29, 1.82) is 5.26 Å². The lowest BCUT2D eigenvalue weighted by molar-refractivity contribution is -0.144. The Morgan fingerprint density at radius 2 is 2.06 bits per heavy atom. The first-order valence-corrected chi connectivity index (χ1v) is 6.07. The summed E-state index contributed by atoms with van der Waals surface area (Å²) in [7, 11) is 1.56. The van der Waals surface area contributed by atoms with E-state index in [1.165, 1.54) is 4.90 Å². The van der Waals surface area contributed by atoms with Gasteiger partial charge >= 0.3 is 12.0 Å². The Labute approximate surface area is 107 Å². The third-order valence-corrected chi connectivity index (χ3v) is 3.33. The number of carbonyl (C=O) groups excluding carboxylic acids is 1. The van der Waals surface area contributed by atoms with E-state index in [2.05, 4.69) is 5.32 Å². The van der Waals surface area contributed by atoms with Crippen molar-refractivity contribution in [2.45, 2.75) is 38.1 Å². The number of carbonyl (C=O) groups is 2. The first kappa shape index (κ1) is 14.3. The molecule has 1 unspecified atom stereocenters. The lowest BCUT2D eigenvalue weighted by Crippen LogP contribution is -2.56. The molecule has 1 fully saturated rings. The largest absolute Gasteiger partial charge is 0.480 e. The second-order valence-corrected chi connectivity index (χ2v) is 4.94. The van der Waals surface area contributed by atoms with Gasteiger partial charge in [-0.2, -0.15) is 5.26 Å². The van der Waals surface area contributed by atoms with Crippen LogP contribution in [0.5, 0.6) is 0 Å². The van der Waals surface area contributed by atoms with E-state index >= 15 is 0 Å². The van der Waals surface area contributed by atoms with E-state index < -0.39 is 17.5 Å². The van der Waals surface area contributed by atoms with Gasteiger partial charge in [0.15, 0.2) is 0 Å². The predicted octanol–water partition coefficient (Wildman–Crippen LogP) is 1.18. The standard InChI is InChI=1S/C12H19N3O3/c1-9(7-13)8-15(2)11(18)14-12(10(16)17)5-3-4-6-12/h9H,3-6,8H2,1-2H3,(H,14,18)(H,16,17). The fraction of sp³-hybridized carbons (Fsp3) is 0.750. The average molecular weight is 253 g/mol. The molecule has 100 valence electrons. The van der Waals surface area contributed by atoms with E-state index in [0.29, 0.717) is 12.8 Å². The van der Waals surface area contributed by atoms with Crippen LogP contribution in [0, 0.1) is 17.2 Å². The lowest BCUT2D eigenvalue weighted by Gasteiger charge is -2.28. The fourth-order valence-electron chi connectivity index (χ4n) is 2.21. The van der Waals surface area contributed by atoms with Gasteiger partial charge in [-0.05, 0) is 19.8 Å². The maximum absolute atomic E-state index is 11.9. The summed E-state index contributed by atoms with van der Waals surface area (Å²) in [5, 5.41) is 20.5. The second kappa shape index (κ2) is 5.71. The molecule has 1 aliphatic carbocycles. The van der Waals surface area contributed by atoms with Crippen molar-refractivity contribution in [3.8, 4) is 6.07 Å². The zero-order chi connectivity index (χ0) is 13.8. The zero-order valence-corrected chi connectivity index (χ0v) is 10.8. The SMILES string of the molecule is CC(C#N)CN(C)C(=O)NC1(C(=O)O)CCCC1. The molecule has 1 rings (SSSR count). The Morgan fingerprint density at radius 1 is 1.50 bits per heavy atom. The van der Waals surface area contributed by atoms with Crippen molar-refractivity contribution < 1.29 is 14.7 Å². The highest BCUT2D eigenvalue weighted by molar-refractivity contribution is 5.86. The molecule has 2 amide bonds. The molecule has 6 nitrogen and oxygen atoms in total. The highest BCUT2D eigenvalue weighted by Gasteiger charge is 2.43. The molecule has 1 saturated carbocycles. The molecule has 0 heterocycles. The molecular formula is C12H19N3O3.